The fourth-order valence-electron chi connectivity index (χ4n) is 3.31. The molecule has 1 fully saturated rings. The van der Waals surface area contributed by atoms with E-state index in [9.17, 15) is 9.18 Å². The third-order valence-corrected chi connectivity index (χ3v) is 5.36. The summed E-state index contributed by atoms with van der Waals surface area (Å²) in [4.78, 5) is 12.8. The molecule has 1 aliphatic carbocycles. The number of carbonyl (C=O) groups excluding carboxylic acids is 1. The van der Waals surface area contributed by atoms with Gasteiger partial charge in [-0.05, 0) is 43.4 Å². The van der Waals surface area contributed by atoms with Crippen LogP contribution in [0.3, 0.4) is 0 Å². The number of amidine groups is 1. The number of ether oxygens (including phenoxy) is 2. The number of hydrogen-bond acceptors (Lipinski definition) is 4. The molecule has 0 saturated heterocycles. The van der Waals surface area contributed by atoms with Crippen LogP contribution in [-0.2, 0) is 16.1 Å². The number of nitrogen functional groups attached to an aromatic ring is 1. The number of benzene rings is 2. The van der Waals surface area contributed by atoms with Crippen molar-refractivity contribution in [3.8, 4) is 5.75 Å². The quantitative estimate of drug-likeness (QED) is 0.359. The van der Waals surface area contributed by atoms with Crippen molar-refractivity contribution in [2.24, 2.45) is 11.7 Å². The lowest BCUT2D eigenvalue weighted by molar-refractivity contribution is -0.133. The van der Waals surface area contributed by atoms with E-state index < -0.39 is 29.2 Å². The number of carbonyl (C=O) groups is 1. The summed E-state index contributed by atoms with van der Waals surface area (Å²) in [7, 11) is 0. The van der Waals surface area contributed by atoms with Gasteiger partial charge < -0.3 is 20.5 Å². The molecular weight excluding hydrogens is 440 g/mol. The molecular formula is C23H28ClF2N3O3. The van der Waals surface area contributed by atoms with Crippen molar-refractivity contribution in [3.05, 3.63) is 64.7 Å². The molecule has 3 rings (SSSR count). The zero-order valence-corrected chi connectivity index (χ0v) is 18.6. The van der Waals surface area contributed by atoms with Gasteiger partial charge in [-0.2, -0.15) is 0 Å². The predicted octanol–water partition coefficient (Wildman–Crippen LogP) is 4.24. The van der Waals surface area contributed by atoms with Gasteiger partial charge in [0.25, 0.3) is 5.91 Å². The number of nitrogens with two attached hydrogens (primary N) is 1. The molecule has 32 heavy (non-hydrogen) atoms. The Morgan fingerprint density at radius 3 is 2.47 bits per heavy atom. The Labute approximate surface area is 192 Å². The predicted molar refractivity (Wildman–Crippen MR) is 120 cm³/mol. The molecule has 0 aliphatic heterocycles. The van der Waals surface area contributed by atoms with Crippen molar-refractivity contribution in [3.63, 3.8) is 0 Å². The van der Waals surface area contributed by atoms with Crippen molar-refractivity contribution < 1.29 is 23.0 Å². The van der Waals surface area contributed by atoms with Gasteiger partial charge in [-0.15, -0.1) is 12.4 Å². The Morgan fingerprint density at radius 2 is 1.91 bits per heavy atom. The molecule has 1 unspecified atom stereocenters. The van der Waals surface area contributed by atoms with Gasteiger partial charge in [-0.25, -0.2) is 8.78 Å². The zero-order valence-electron chi connectivity index (χ0n) is 17.8. The Bertz CT molecular complexity index is 937. The fourth-order valence-corrected chi connectivity index (χ4v) is 3.31. The van der Waals surface area contributed by atoms with Crippen molar-refractivity contribution in [2.75, 3.05) is 13.2 Å². The average Bonchev–Trinajstić information content (AvgIpc) is 2.72. The molecule has 2 aromatic carbocycles. The maximum Gasteiger partial charge on any atom is 0.254 e. The minimum atomic E-state index is -1.45. The van der Waals surface area contributed by atoms with E-state index in [0.717, 1.165) is 30.9 Å². The largest absolute Gasteiger partial charge is 0.490 e. The highest BCUT2D eigenvalue weighted by molar-refractivity contribution is 5.94. The van der Waals surface area contributed by atoms with Crippen LogP contribution in [0.5, 0.6) is 5.75 Å². The number of nitrogens with one attached hydrogen (secondary N) is 2. The van der Waals surface area contributed by atoms with Gasteiger partial charge in [0.2, 0.25) is 0 Å². The average molecular weight is 468 g/mol. The summed E-state index contributed by atoms with van der Waals surface area (Å²) in [5.74, 6) is -2.20. The van der Waals surface area contributed by atoms with E-state index in [-0.39, 0.29) is 37.1 Å². The lowest BCUT2D eigenvalue weighted by atomic mass is 9.86. The first kappa shape index (κ1) is 25.5. The summed E-state index contributed by atoms with van der Waals surface area (Å²) in [5, 5.41) is 10.1. The van der Waals surface area contributed by atoms with Gasteiger partial charge in [0.1, 0.15) is 11.7 Å². The topological polar surface area (TPSA) is 97.4 Å². The highest BCUT2D eigenvalue weighted by Gasteiger charge is 2.30. The maximum absolute atomic E-state index is 15.1. The van der Waals surface area contributed by atoms with Gasteiger partial charge in [-0.3, -0.25) is 10.2 Å². The number of halogens is 3. The van der Waals surface area contributed by atoms with Gasteiger partial charge in [0.15, 0.2) is 17.7 Å². The molecule has 174 valence electrons. The van der Waals surface area contributed by atoms with Crippen molar-refractivity contribution >= 4 is 24.1 Å². The Morgan fingerprint density at radius 1 is 1.22 bits per heavy atom. The fraction of sp³-hybridized carbons (Fsp3) is 0.391. The summed E-state index contributed by atoms with van der Waals surface area (Å²) in [6, 6.07) is 9.07. The van der Waals surface area contributed by atoms with E-state index in [2.05, 4.69) is 5.32 Å². The van der Waals surface area contributed by atoms with E-state index in [1.807, 2.05) is 0 Å². The summed E-state index contributed by atoms with van der Waals surface area (Å²) >= 11 is 0. The zero-order chi connectivity index (χ0) is 22.4. The van der Waals surface area contributed by atoms with E-state index >= 15 is 4.39 Å². The standard InChI is InChI=1S/C23H27F2N3O3.ClH/c1-2-30-21(23(29)28-12-14-6-8-16(9-7-14)22(26)27)19-17(24)10-11-18(20(19)25)31-13-15-4-3-5-15;/h6-11,15,21H,2-5,12-13H2,1H3,(H3,26,27)(H,28,29);1H. The second kappa shape index (κ2) is 11.8. The first-order chi connectivity index (χ1) is 14.9. The molecule has 9 heteroatoms. The third kappa shape index (κ3) is 6.17. The van der Waals surface area contributed by atoms with Crippen LogP contribution in [0.25, 0.3) is 0 Å². The molecule has 0 heterocycles. The van der Waals surface area contributed by atoms with E-state index in [1.54, 1.807) is 31.2 Å². The van der Waals surface area contributed by atoms with Crippen molar-refractivity contribution in [1.29, 1.82) is 5.41 Å². The number of hydrogen-bond donors (Lipinski definition) is 3. The van der Waals surface area contributed by atoms with E-state index in [4.69, 9.17) is 20.6 Å². The molecule has 0 radical (unpaired) electrons. The smallest absolute Gasteiger partial charge is 0.254 e. The molecule has 1 saturated carbocycles. The maximum atomic E-state index is 15.1. The summed E-state index contributed by atoms with van der Waals surface area (Å²) < 4.78 is 40.6. The normalized spacial score (nSPS) is 14.1. The molecule has 1 atom stereocenters. The van der Waals surface area contributed by atoms with Crippen LogP contribution in [0, 0.1) is 23.0 Å². The first-order valence-electron chi connectivity index (χ1n) is 10.3. The SMILES string of the molecule is CCOC(C(=O)NCc1ccc(C(=N)N)cc1)c1c(F)ccc(OCC2CCC2)c1F.Cl. The first-order valence-corrected chi connectivity index (χ1v) is 10.3. The molecule has 0 aromatic heterocycles. The van der Waals surface area contributed by atoms with Crippen LogP contribution < -0.4 is 15.8 Å². The van der Waals surface area contributed by atoms with Crippen molar-refractivity contribution in [2.45, 2.75) is 38.8 Å². The molecule has 2 aromatic rings. The van der Waals surface area contributed by atoms with Crippen LogP contribution in [0.4, 0.5) is 8.78 Å². The van der Waals surface area contributed by atoms with E-state index in [1.165, 1.54) is 6.07 Å². The van der Waals surface area contributed by atoms with Gasteiger partial charge in [0, 0.05) is 18.7 Å². The Kier molecular flexibility index (Phi) is 9.41. The summed E-state index contributed by atoms with van der Waals surface area (Å²) in [6.45, 7) is 2.23. The highest BCUT2D eigenvalue weighted by atomic mass is 35.5. The van der Waals surface area contributed by atoms with E-state index in [0.29, 0.717) is 18.1 Å². The minimum Gasteiger partial charge on any atom is -0.490 e. The Balaban J connectivity index is 0.00000363. The molecule has 6 nitrogen and oxygen atoms in total. The third-order valence-electron chi connectivity index (χ3n) is 5.36. The van der Waals surface area contributed by atoms with Crippen LogP contribution in [-0.4, -0.2) is 25.0 Å². The second-order valence-corrected chi connectivity index (χ2v) is 7.54. The lowest BCUT2D eigenvalue weighted by Crippen LogP contribution is -2.32. The van der Waals surface area contributed by atoms with Gasteiger partial charge in [0.05, 0.1) is 12.2 Å². The van der Waals surface area contributed by atoms with Crippen molar-refractivity contribution in [1.82, 2.24) is 5.32 Å². The minimum absolute atomic E-state index is 0. The van der Waals surface area contributed by atoms with Crippen LogP contribution in [0.15, 0.2) is 36.4 Å². The van der Waals surface area contributed by atoms with Crippen LogP contribution in [0.2, 0.25) is 0 Å². The Hall–Kier alpha value is -2.71. The van der Waals surface area contributed by atoms with Crippen LogP contribution >= 0.6 is 12.4 Å². The van der Waals surface area contributed by atoms with Crippen LogP contribution in [0.1, 0.15) is 49.0 Å². The monoisotopic (exact) mass is 467 g/mol. The molecule has 1 aliphatic rings. The van der Waals surface area contributed by atoms with Gasteiger partial charge >= 0.3 is 0 Å². The summed E-state index contributed by atoms with van der Waals surface area (Å²) in [5.41, 5.74) is 6.27. The molecule has 0 bridgehead atoms. The number of rotatable bonds is 10. The highest BCUT2D eigenvalue weighted by Crippen LogP contribution is 2.32. The molecule has 0 spiro atoms. The molecule has 4 N–H and O–H groups in total. The van der Waals surface area contributed by atoms with Gasteiger partial charge in [-0.1, -0.05) is 30.7 Å². The second-order valence-electron chi connectivity index (χ2n) is 7.54. The molecule has 1 amide bonds. The lowest BCUT2D eigenvalue weighted by Gasteiger charge is -2.25. The number of amides is 1. The summed E-state index contributed by atoms with van der Waals surface area (Å²) in [6.07, 6.45) is 1.75.